The van der Waals surface area contributed by atoms with Gasteiger partial charge in [0.05, 0.1) is 34.1 Å². The average Bonchev–Trinajstić information content (AvgIpc) is 2.87. The molecule has 3 aromatic carbocycles. The largest absolute Gasteiger partial charge is 0.493 e. The molecule has 0 unspecified atom stereocenters. The third-order valence-electron chi connectivity index (χ3n) is 5.08. The lowest BCUT2D eigenvalue weighted by Gasteiger charge is -2.12. The number of fused-ring (bicyclic) bond motifs is 1. The molecule has 0 aliphatic heterocycles. The first-order valence-corrected chi connectivity index (χ1v) is 10.3. The van der Waals surface area contributed by atoms with Gasteiger partial charge in [-0.3, -0.25) is 25.0 Å². The number of para-hydroxylation sites is 1. The summed E-state index contributed by atoms with van der Waals surface area (Å²) in [7, 11) is 1.28. The molecule has 36 heavy (non-hydrogen) atoms. The van der Waals surface area contributed by atoms with Gasteiger partial charge in [0, 0.05) is 23.8 Å². The number of ether oxygens (including phenoxy) is 2. The molecule has 0 fully saturated rings. The number of hydrogen-bond acceptors (Lipinski definition) is 9. The fourth-order valence-corrected chi connectivity index (χ4v) is 3.41. The molecule has 13 nitrogen and oxygen atoms in total. The Labute approximate surface area is 201 Å². The maximum Gasteiger partial charge on any atom is 0.349 e. The molecule has 0 radical (unpaired) electrons. The number of methoxy groups -OCH3 is 1. The third-order valence-corrected chi connectivity index (χ3v) is 5.08. The van der Waals surface area contributed by atoms with Crippen LogP contribution in [0.25, 0.3) is 10.9 Å². The summed E-state index contributed by atoms with van der Waals surface area (Å²) in [5.74, 6) is -0.220. The highest BCUT2D eigenvalue weighted by molar-refractivity contribution is 5.83. The van der Waals surface area contributed by atoms with E-state index in [9.17, 15) is 29.8 Å². The topological polar surface area (TPSA) is 172 Å². The quantitative estimate of drug-likeness (QED) is 0.222. The van der Waals surface area contributed by atoms with E-state index in [4.69, 9.17) is 9.47 Å². The SMILES string of the molecule is COc1cc(C=Nn2c(=O)[nH]c3ccccc3c2=O)cc([N+](=O)[O-])c1OCc1cccc([N+](=O)[O-])c1. The molecule has 0 atom stereocenters. The Hall–Kier alpha value is -5.33. The molecule has 0 saturated carbocycles. The van der Waals surface area contributed by atoms with Crippen molar-refractivity contribution in [1.29, 1.82) is 0 Å². The van der Waals surface area contributed by atoms with E-state index < -0.39 is 26.8 Å². The minimum Gasteiger partial charge on any atom is -0.493 e. The molecule has 4 rings (SSSR count). The summed E-state index contributed by atoms with van der Waals surface area (Å²) in [4.78, 5) is 49.0. The Morgan fingerprint density at radius 3 is 2.53 bits per heavy atom. The maximum absolute atomic E-state index is 12.6. The lowest BCUT2D eigenvalue weighted by molar-refractivity contribution is -0.386. The Balaban J connectivity index is 1.69. The van der Waals surface area contributed by atoms with Crippen LogP contribution in [0.5, 0.6) is 11.5 Å². The zero-order chi connectivity index (χ0) is 25.8. The van der Waals surface area contributed by atoms with Gasteiger partial charge in [-0.15, -0.1) is 4.68 Å². The molecule has 13 heteroatoms. The highest BCUT2D eigenvalue weighted by Crippen LogP contribution is 2.38. The molecule has 1 aromatic heterocycles. The van der Waals surface area contributed by atoms with Gasteiger partial charge in [0.25, 0.3) is 11.2 Å². The van der Waals surface area contributed by atoms with E-state index in [0.29, 0.717) is 15.8 Å². The van der Waals surface area contributed by atoms with E-state index in [-0.39, 0.29) is 34.7 Å². The van der Waals surface area contributed by atoms with Gasteiger partial charge in [-0.2, -0.15) is 5.10 Å². The normalized spacial score (nSPS) is 11.0. The second kappa shape index (κ2) is 9.89. The highest BCUT2D eigenvalue weighted by Gasteiger charge is 2.22. The van der Waals surface area contributed by atoms with Gasteiger partial charge in [0.1, 0.15) is 6.61 Å². The molecule has 0 amide bonds. The van der Waals surface area contributed by atoms with Gasteiger partial charge < -0.3 is 14.5 Å². The van der Waals surface area contributed by atoms with E-state index in [2.05, 4.69) is 10.1 Å². The molecule has 182 valence electrons. The molecule has 0 saturated heterocycles. The fraction of sp³-hybridized carbons (Fsp3) is 0.0870. The standard InChI is InChI=1S/C23H17N5O8/c1-35-20-11-15(12-24-26-22(29)17-7-2-3-8-18(17)25-23(26)30)10-19(28(33)34)21(20)36-13-14-5-4-6-16(9-14)27(31)32/h2-12H,13H2,1H3,(H,25,30). The first kappa shape index (κ1) is 23.8. The van der Waals surface area contributed by atoms with Crippen molar-refractivity contribution in [1.82, 2.24) is 9.66 Å². The van der Waals surface area contributed by atoms with Crippen molar-refractivity contribution in [3.63, 3.8) is 0 Å². The monoisotopic (exact) mass is 491 g/mol. The molecular formula is C23H17N5O8. The second-order valence-electron chi connectivity index (χ2n) is 7.38. The second-order valence-corrected chi connectivity index (χ2v) is 7.38. The van der Waals surface area contributed by atoms with Gasteiger partial charge in [0.15, 0.2) is 5.75 Å². The Bertz CT molecular complexity index is 1640. The smallest absolute Gasteiger partial charge is 0.349 e. The van der Waals surface area contributed by atoms with Crippen LogP contribution < -0.4 is 20.7 Å². The minimum absolute atomic E-state index is 0.0177. The number of hydrogen-bond donors (Lipinski definition) is 1. The number of rotatable bonds is 8. The zero-order valence-electron chi connectivity index (χ0n) is 18.6. The molecule has 0 bridgehead atoms. The van der Waals surface area contributed by atoms with E-state index in [0.717, 1.165) is 12.3 Å². The van der Waals surface area contributed by atoms with Crippen LogP contribution in [0, 0.1) is 20.2 Å². The van der Waals surface area contributed by atoms with Crippen LogP contribution in [0.15, 0.2) is 75.4 Å². The highest BCUT2D eigenvalue weighted by atomic mass is 16.6. The van der Waals surface area contributed by atoms with E-state index in [1.165, 1.54) is 37.4 Å². The number of benzene rings is 3. The number of H-pyrrole nitrogens is 1. The van der Waals surface area contributed by atoms with Crippen molar-refractivity contribution in [2.24, 2.45) is 5.10 Å². The van der Waals surface area contributed by atoms with Crippen molar-refractivity contribution in [2.45, 2.75) is 6.61 Å². The van der Waals surface area contributed by atoms with Crippen molar-refractivity contribution in [3.8, 4) is 11.5 Å². The summed E-state index contributed by atoms with van der Waals surface area (Å²) in [5, 5.41) is 26.9. The average molecular weight is 491 g/mol. The molecule has 1 heterocycles. The van der Waals surface area contributed by atoms with Gasteiger partial charge >= 0.3 is 11.4 Å². The summed E-state index contributed by atoms with van der Waals surface area (Å²) in [5.41, 5.74) is -1.15. The van der Waals surface area contributed by atoms with Crippen LogP contribution in [0.4, 0.5) is 11.4 Å². The van der Waals surface area contributed by atoms with Gasteiger partial charge in [0.2, 0.25) is 5.75 Å². The fourth-order valence-electron chi connectivity index (χ4n) is 3.41. The van der Waals surface area contributed by atoms with Crippen molar-refractivity contribution in [3.05, 3.63) is 113 Å². The predicted octanol–water partition coefficient (Wildman–Crippen LogP) is 2.98. The van der Waals surface area contributed by atoms with Gasteiger partial charge in [-0.25, -0.2) is 4.79 Å². The van der Waals surface area contributed by atoms with Crippen LogP contribution in [0.3, 0.4) is 0 Å². The number of aromatic nitrogens is 2. The van der Waals surface area contributed by atoms with Gasteiger partial charge in [-0.05, 0) is 23.8 Å². The molecule has 1 N–H and O–H groups in total. The molecule has 4 aromatic rings. The van der Waals surface area contributed by atoms with Crippen LogP contribution in [0.2, 0.25) is 0 Å². The number of nitro groups is 2. The molecular weight excluding hydrogens is 474 g/mol. The van der Waals surface area contributed by atoms with Crippen LogP contribution in [-0.4, -0.2) is 32.8 Å². The number of non-ortho nitro benzene ring substituents is 1. The number of nitrogens with zero attached hydrogens (tertiary/aromatic N) is 4. The predicted molar refractivity (Wildman–Crippen MR) is 129 cm³/mol. The van der Waals surface area contributed by atoms with E-state index in [1.54, 1.807) is 24.3 Å². The van der Waals surface area contributed by atoms with Crippen LogP contribution >= 0.6 is 0 Å². The summed E-state index contributed by atoms with van der Waals surface area (Å²) < 4.78 is 11.5. The maximum atomic E-state index is 12.6. The van der Waals surface area contributed by atoms with Crippen molar-refractivity contribution >= 4 is 28.5 Å². The summed E-state index contributed by atoms with van der Waals surface area (Å²) in [6.07, 6.45) is 1.10. The van der Waals surface area contributed by atoms with E-state index >= 15 is 0 Å². The first-order chi connectivity index (χ1) is 17.3. The molecule has 0 aliphatic carbocycles. The Morgan fingerprint density at radius 2 is 1.81 bits per heavy atom. The minimum atomic E-state index is -0.784. The number of nitrogens with one attached hydrogen (secondary N) is 1. The molecule has 0 spiro atoms. The van der Waals surface area contributed by atoms with Crippen molar-refractivity contribution < 1.29 is 19.3 Å². The number of aromatic amines is 1. The summed E-state index contributed by atoms with van der Waals surface area (Å²) in [6, 6.07) is 14.6. The number of nitro benzene ring substituents is 2. The lowest BCUT2D eigenvalue weighted by Crippen LogP contribution is -2.32. The zero-order valence-corrected chi connectivity index (χ0v) is 18.6. The van der Waals surface area contributed by atoms with Gasteiger partial charge in [-0.1, -0.05) is 24.3 Å². The molecule has 0 aliphatic rings. The van der Waals surface area contributed by atoms with E-state index in [1.807, 2.05) is 0 Å². The lowest BCUT2D eigenvalue weighted by atomic mass is 10.1. The van der Waals surface area contributed by atoms with Crippen LogP contribution in [-0.2, 0) is 6.61 Å². The summed E-state index contributed by atoms with van der Waals surface area (Å²) >= 11 is 0. The first-order valence-electron chi connectivity index (χ1n) is 10.3. The Kier molecular flexibility index (Phi) is 6.54. The summed E-state index contributed by atoms with van der Waals surface area (Å²) in [6.45, 7) is -0.200. The Morgan fingerprint density at radius 1 is 1.03 bits per heavy atom. The van der Waals surface area contributed by atoms with Crippen LogP contribution in [0.1, 0.15) is 11.1 Å². The van der Waals surface area contributed by atoms with Crippen molar-refractivity contribution in [2.75, 3.05) is 7.11 Å². The third kappa shape index (κ3) is 4.79.